The fourth-order valence-corrected chi connectivity index (χ4v) is 1.49. The quantitative estimate of drug-likeness (QED) is 0.691. The number of nitrogens with zero attached hydrogens (tertiary/aromatic N) is 2. The lowest BCUT2D eigenvalue weighted by Gasteiger charge is -2.06. The number of nitrogens with one attached hydrogen (secondary N) is 1. The molecule has 1 aromatic rings. The van der Waals surface area contributed by atoms with Crippen LogP contribution in [-0.2, 0) is 18.2 Å². The molecule has 3 N–H and O–H groups in total. The number of nitrogens with two attached hydrogens (primary N) is 1. The normalized spacial score (nSPS) is 10.6. The van der Waals surface area contributed by atoms with E-state index in [0.717, 1.165) is 43.2 Å². The van der Waals surface area contributed by atoms with Crippen LogP contribution in [0.5, 0.6) is 0 Å². The van der Waals surface area contributed by atoms with E-state index >= 15 is 0 Å². The first-order valence-electron chi connectivity index (χ1n) is 5.24. The van der Waals surface area contributed by atoms with Crippen molar-refractivity contribution in [3.63, 3.8) is 0 Å². The lowest BCUT2D eigenvalue weighted by atomic mass is 10.3. The number of ether oxygens (including phenoxy) is 1. The van der Waals surface area contributed by atoms with Gasteiger partial charge >= 0.3 is 0 Å². The number of aromatic nitrogens is 2. The molecule has 0 saturated carbocycles. The summed E-state index contributed by atoms with van der Waals surface area (Å²) in [6.07, 6.45) is 1.82. The highest BCUT2D eigenvalue weighted by Gasteiger charge is 2.10. The summed E-state index contributed by atoms with van der Waals surface area (Å²) in [6, 6.07) is 0. The predicted molar refractivity (Wildman–Crippen MR) is 62.0 cm³/mol. The van der Waals surface area contributed by atoms with Gasteiger partial charge in [-0.1, -0.05) is 6.92 Å². The maximum Gasteiger partial charge on any atom is 0.147 e. The van der Waals surface area contributed by atoms with E-state index < -0.39 is 0 Å². The third-order valence-corrected chi connectivity index (χ3v) is 2.31. The molecule has 0 atom stereocenters. The first-order valence-corrected chi connectivity index (χ1v) is 5.24. The molecular weight excluding hydrogens is 192 g/mol. The summed E-state index contributed by atoms with van der Waals surface area (Å²) < 4.78 is 6.77. The molecule has 86 valence electrons. The zero-order chi connectivity index (χ0) is 11.3. The topological polar surface area (TPSA) is 65.1 Å². The van der Waals surface area contributed by atoms with Crippen molar-refractivity contribution in [1.29, 1.82) is 0 Å². The van der Waals surface area contributed by atoms with E-state index in [-0.39, 0.29) is 0 Å². The zero-order valence-electron chi connectivity index (χ0n) is 9.71. The standard InChI is InChI=1S/C10H20N4O/c1-4-8-9(11)10(14(2)13-8)12-6-5-7-15-3/h12H,4-7,11H2,1-3H3. The van der Waals surface area contributed by atoms with Crippen molar-refractivity contribution in [3.8, 4) is 0 Å². The summed E-state index contributed by atoms with van der Waals surface area (Å²) in [7, 11) is 3.60. The summed E-state index contributed by atoms with van der Waals surface area (Å²) in [4.78, 5) is 0. The van der Waals surface area contributed by atoms with E-state index in [1.165, 1.54) is 0 Å². The molecule has 0 unspecified atom stereocenters. The Labute approximate surface area is 90.6 Å². The third kappa shape index (κ3) is 2.86. The van der Waals surface area contributed by atoms with Gasteiger partial charge in [0.1, 0.15) is 5.82 Å². The van der Waals surface area contributed by atoms with Gasteiger partial charge in [-0.2, -0.15) is 5.10 Å². The fourth-order valence-electron chi connectivity index (χ4n) is 1.49. The lowest BCUT2D eigenvalue weighted by molar-refractivity contribution is 0.197. The van der Waals surface area contributed by atoms with Gasteiger partial charge in [-0.05, 0) is 12.8 Å². The second kappa shape index (κ2) is 5.60. The van der Waals surface area contributed by atoms with Crippen LogP contribution in [0.25, 0.3) is 0 Å². The van der Waals surface area contributed by atoms with Crippen LogP contribution in [0.2, 0.25) is 0 Å². The van der Waals surface area contributed by atoms with Gasteiger partial charge in [-0.3, -0.25) is 4.68 Å². The first-order chi connectivity index (χ1) is 7.20. The smallest absolute Gasteiger partial charge is 0.147 e. The van der Waals surface area contributed by atoms with E-state index in [1.54, 1.807) is 11.8 Å². The predicted octanol–water partition coefficient (Wildman–Crippen LogP) is 1.01. The van der Waals surface area contributed by atoms with Crippen LogP contribution in [0.1, 0.15) is 19.0 Å². The second-order valence-electron chi connectivity index (χ2n) is 3.46. The number of hydrogen-bond donors (Lipinski definition) is 2. The molecular formula is C10H20N4O. The molecule has 1 heterocycles. The van der Waals surface area contributed by atoms with Crippen LogP contribution in [0.4, 0.5) is 11.5 Å². The monoisotopic (exact) mass is 212 g/mol. The van der Waals surface area contributed by atoms with Crippen LogP contribution in [0, 0.1) is 0 Å². The van der Waals surface area contributed by atoms with Gasteiger partial charge in [0.2, 0.25) is 0 Å². The Morgan fingerprint density at radius 1 is 1.53 bits per heavy atom. The molecule has 0 aliphatic carbocycles. The molecule has 0 amide bonds. The van der Waals surface area contributed by atoms with Crippen molar-refractivity contribution < 1.29 is 4.74 Å². The van der Waals surface area contributed by atoms with Crippen molar-refractivity contribution in [3.05, 3.63) is 5.69 Å². The first kappa shape index (κ1) is 11.8. The number of nitrogen functional groups attached to an aromatic ring is 1. The van der Waals surface area contributed by atoms with E-state index in [0.29, 0.717) is 0 Å². The van der Waals surface area contributed by atoms with Gasteiger partial charge in [0.05, 0.1) is 11.4 Å². The molecule has 0 fully saturated rings. The van der Waals surface area contributed by atoms with Crippen molar-refractivity contribution in [2.45, 2.75) is 19.8 Å². The molecule has 1 rings (SSSR count). The van der Waals surface area contributed by atoms with Gasteiger partial charge in [0, 0.05) is 27.3 Å². The number of methoxy groups -OCH3 is 1. The second-order valence-corrected chi connectivity index (χ2v) is 3.46. The molecule has 1 aromatic heterocycles. The van der Waals surface area contributed by atoms with Gasteiger partial charge < -0.3 is 15.8 Å². The Bertz CT molecular complexity index is 309. The highest BCUT2D eigenvalue weighted by atomic mass is 16.5. The molecule has 0 saturated heterocycles. The van der Waals surface area contributed by atoms with Crippen molar-refractivity contribution >= 4 is 11.5 Å². The molecule has 0 bridgehead atoms. The molecule has 0 aromatic carbocycles. The number of aryl methyl sites for hydroxylation is 2. The number of hydrogen-bond acceptors (Lipinski definition) is 4. The maximum absolute atomic E-state index is 5.95. The summed E-state index contributed by atoms with van der Waals surface area (Å²) in [6.45, 7) is 3.65. The largest absolute Gasteiger partial charge is 0.394 e. The van der Waals surface area contributed by atoms with Crippen LogP contribution >= 0.6 is 0 Å². The molecule has 5 heteroatoms. The van der Waals surface area contributed by atoms with Crippen LogP contribution < -0.4 is 11.1 Å². The Balaban J connectivity index is 2.56. The summed E-state index contributed by atoms with van der Waals surface area (Å²) in [5, 5.41) is 7.59. The van der Waals surface area contributed by atoms with Crippen molar-refractivity contribution in [2.24, 2.45) is 7.05 Å². The Morgan fingerprint density at radius 3 is 2.80 bits per heavy atom. The molecule has 0 aliphatic heterocycles. The highest BCUT2D eigenvalue weighted by Crippen LogP contribution is 2.21. The molecule has 15 heavy (non-hydrogen) atoms. The number of rotatable bonds is 6. The molecule has 0 spiro atoms. The minimum Gasteiger partial charge on any atom is -0.394 e. The van der Waals surface area contributed by atoms with Gasteiger partial charge in [0.25, 0.3) is 0 Å². The SMILES string of the molecule is CCc1nn(C)c(NCCCOC)c1N. The average molecular weight is 212 g/mol. The Morgan fingerprint density at radius 2 is 2.27 bits per heavy atom. The Hall–Kier alpha value is -1.23. The van der Waals surface area contributed by atoms with Gasteiger partial charge in [-0.25, -0.2) is 0 Å². The van der Waals surface area contributed by atoms with E-state index in [2.05, 4.69) is 10.4 Å². The Kier molecular flexibility index (Phi) is 4.42. The minimum absolute atomic E-state index is 0.755. The highest BCUT2D eigenvalue weighted by molar-refractivity contribution is 5.64. The minimum atomic E-state index is 0.755. The molecule has 0 radical (unpaired) electrons. The van der Waals surface area contributed by atoms with E-state index in [9.17, 15) is 0 Å². The molecule has 5 nitrogen and oxygen atoms in total. The van der Waals surface area contributed by atoms with Crippen LogP contribution in [-0.4, -0.2) is 30.0 Å². The molecule has 0 aliphatic rings. The average Bonchev–Trinajstić information content (AvgIpc) is 2.50. The van der Waals surface area contributed by atoms with Gasteiger partial charge in [0.15, 0.2) is 0 Å². The fraction of sp³-hybridized carbons (Fsp3) is 0.700. The van der Waals surface area contributed by atoms with E-state index in [4.69, 9.17) is 10.5 Å². The maximum atomic E-state index is 5.95. The van der Waals surface area contributed by atoms with E-state index in [1.807, 2.05) is 14.0 Å². The van der Waals surface area contributed by atoms with Crippen LogP contribution in [0.15, 0.2) is 0 Å². The van der Waals surface area contributed by atoms with Crippen molar-refractivity contribution in [2.75, 3.05) is 31.3 Å². The summed E-state index contributed by atoms with van der Waals surface area (Å²) in [5.74, 6) is 0.906. The van der Waals surface area contributed by atoms with Gasteiger partial charge in [-0.15, -0.1) is 0 Å². The lowest BCUT2D eigenvalue weighted by Crippen LogP contribution is -2.09. The van der Waals surface area contributed by atoms with Crippen molar-refractivity contribution in [1.82, 2.24) is 9.78 Å². The summed E-state index contributed by atoms with van der Waals surface area (Å²) in [5.41, 5.74) is 7.66. The van der Waals surface area contributed by atoms with Crippen LogP contribution in [0.3, 0.4) is 0 Å². The summed E-state index contributed by atoms with van der Waals surface area (Å²) >= 11 is 0. The zero-order valence-corrected chi connectivity index (χ0v) is 9.71. The third-order valence-electron chi connectivity index (χ3n) is 2.31. The number of anilines is 2.